The summed E-state index contributed by atoms with van der Waals surface area (Å²) in [7, 11) is 1.71. The third kappa shape index (κ3) is 2.25. The summed E-state index contributed by atoms with van der Waals surface area (Å²) in [6, 6.07) is 0. The Hall–Kier alpha value is -0.940. The number of aromatic nitrogens is 1. The maximum Gasteiger partial charge on any atom is 0.273 e. The van der Waals surface area contributed by atoms with Crippen molar-refractivity contribution in [2.24, 2.45) is 5.92 Å². The summed E-state index contributed by atoms with van der Waals surface area (Å²) < 4.78 is 5.39. The van der Waals surface area contributed by atoms with Crippen LogP contribution in [0, 0.1) is 5.92 Å². The summed E-state index contributed by atoms with van der Waals surface area (Å²) >= 11 is 1.45. The molecule has 0 aliphatic carbocycles. The van der Waals surface area contributed by atoms with Gasteiger partial charge in [0.2, 0.25) is 0 Å². The maximum atomic E-state index is 12.0. The van der Waals surface area contributed by atoms with Gasteiger partial charge in [-0.05, 0) is 12.3 Å². The third-order valence-electron chi connectivity index (χ3n) is 3.13. The van der Waals surface area contributed by atoms with E-state index in [1.54, 1.807) is 18.0 Å². The fourth-order valence-corrected chi connectivity index (χ4v) is 2.53. The van der Waals surface area contributed by atoms with E-state index in [4.69, 9.17) is 4.74 Å². The number of carbonyl (C=O) groups excluding carboxylic acids is 1. The summed E-state index contributed by atoms with van der Waals surface area (Å²) in [6.45, 7) is 3.64. The fraction of sp³-hybridized carbons (Fsp3) is 0.636. The zero-order chi connectivity index (χ0) is 11.5. The molecule has 1 aromatic heterocycles. The molecular formula is C11H16N2O2S. The predicted octanol–water partition coefficient (Wildman–Crippen LogP) is 1.64. The molecule has 0 unspecified atom stereocenters. The van der Waals surface area contributed by atoms with Gasteiger partial charge in [-0.3, -0.25) is 4.79 Å². The highest BCUT2D eigenvalue weighted by Gasteiger charge is 2.29. The van der Waals surface area contributed by atoms with Gasteiger partial charge in [0.25, 0.3) is 5.91 Å². The Morgan fingerprint density at radius 2 is 2.50 bits per heavy atom. The second-order valence-electron chi connectivity index (χ2n) is 4.16. The topological polar surface area (TPSA) is 42.4 Å². The molecule has 0 N–H and O–H groups in total. The van der Waals surface area contributed by atoms with Gasteiger partial charge < -0.3 is 9.64 Å². The van der Waals surface area contributed by atoms with E-state index in [9.17, 15) is 4.79 Å². The Bertz CT molecular complexity index is 353. The largest absolute Gasteiger partial charge is 0.379 e. The average molecular weight is 240 g/mol. The predicted molar refractivity (Wildman–Crippen MR) is 62.6 cm³/mol. The highest BCUT2D eigenvalue weighted by molar-refractivity contribution is 7.07. The molecule has 0 bridgehead atoms. The first-order chi connectivity index (χ1) is 7.72. The van der Waals surface area contributed by atoms with Gasteiger partial charge in [-0.15, -0.1) is 11.3 Å². The highest BCUT2D eigenvalue weighted by atomic mass is 32.1. The molecule has 1 aliphatic heterocycles. The molecule has 1 aliphatic rings. The zero-order valence-electron chi connectivity index (χ0n) is 9.55. The first-order valence-electron chi connectivity index (χ1n) is 5.42. The van der Waals surface area contributed by atoms with Crippen molar-refractivity contribution in [2.75, 3.05) is 20.2 Å². The molecule has 16 heavy (non-hydrogen) atoms. The number of nitrogens with zero attached hydrogens (tertiary/aromatic N) is 2. The van der Waals surface area contributed by atoms with Crippen LogP contribution >= 0.6 is 11.3 Å². The number of carbonyl (C=O) groups is 1. The molecule has 0 aromatic carbocycles. The molecule has 1 fully saturated rings. The monoisotopic (exact) mass is 240 g/mol. The second-order valence-corrected chi connectivity index (χ2v) is 4.88. The molecule has 0 radical (unpaired) electrons. The summed E-state index contributed by atoms with van der Waals surface area (Å²) in [4.78, 5) is 17.9. The Morgan fingerprint density at radius 1 is 1.69 bits per heavy atom. The molecule has 88 valence electrons. The van der Waals surface area contributed by atoms with Crippen molar-refractivity contribution >= 4 is 17.2 Å². The van der Waals surface area contributed by atoms with Crippen molar-refractivity contribution in [1.29, 1.82) is 0 Å². The van der Waals surface area contributed by atoms with E-state index < -0.39 is 0 Å². The average Bonchev–Trinajstić information content (AvgIpc) is 2.82. The number of methoxy groups -OCH3 is 1. The number of amides is 1. The van der Waals surface area contributed by atoms with Crippen molar-refractivity contribution in [3.63, 3.8) is 0 Å². The van der Waals surface area contributed by atoms with Crippen LogP contribution < -0.4 is 0 Å². The molecule has 2 rings (SSSR count). The van der Waals surface area contributed by atoms with Gasteiger partial charge in [0.1, 0.15) is 5.69 Å². The van der Waals surface area contributed by atoms with E-state index in [-0.39, 0.29) is 12.0 Å². The summed E-state index contributed by atoms with van der Waals surface area (Å²) in [5, 5.41) is 1.79. The number of likely N-dealkylation sites (tertiary alicyclic amines) is 1. The van der Waals surface area contributed by atoms with Crippen molar-refractivity contribution in [3.05, 3.63) is 16.6 Å². The van der Waals surface area contributed by atoms with E-state index in [2.05, 4.69) is 11.9 Å². The number of piperidine rings is 1. The lowest BCUT2D eigenvalue weighted by molar-refractivity contribution is -0.00174. The van der Waals surface area contributed by atoms with Gasteiger partial charge in [0.05, 0.1) is 11.6 Å². The van der Waals surface area contributed by atoms with Crippen molar-refractivity contribution < 1.29 is 9.53 Å². The van der Waals surface area contributed by atoms with Gasteiger partial charge in [0, 0.05) is 25.6 Å². The standard InChI is InChI=1S/C11H16N2O2S/c1-8-3-4-13(5-10(8)15-2)11(14)9-6-16-7-12-9/h6-8,10H,3-5H2,1-2H3/t8-,10+/m1/s1. The number of rotatable bonds is 2. The summed E-state index contributed by atoms with van der Waals surface area (Å²) in [5.41, 5.74) is 2.24. The number of hydrogen-bond acceptors (Lipinski definition) is 4. The Balaban J connectivity index is 2.03. The van der Waals surface area contributed by atoms with Crippen molar-refractivity contribution in [3.8, 4) is 0 Å². The lowest BCUT2D eigenvalue weighted by Gasteiger charge is -2.35. The van der Waals surface area contributed by atoms with Gasteiger partial charge in [-0.25, -0.2) is 4.98 Å². The van der Waals surface area contributed by atoms with Gasteiger partial charge >= 0.3 is 0 Å². The molecule has 0 spiro atoms. The number of hydrogen-bond donors (Lipinski definition) is 0. The first kappa shape index (κ1) is 11.5. The fourth-order valence-electron chi connectivity index (χ4n) is 2.01. The van der Waals surface area contributed by atoms with E-state index in [0.29, 0.717) is 18.2 Å². The van der Waals surface area contributed by atoms with Crippen LogP contribution in [-0.4, -0.2) is 42.1 Å². The molecular weight excluding hydrogens is 224 g/mol. The van der Waals surface area contributed by atoms with E-state index >= 15 is 0 Å². The quantitative estimate of drug-likeness (QED) is 0.789. The lowest BCUT2D eigenvalue weighted by atomic mass is 9.95. The SMILES string of the molecule is CO[C@H]1CN(C(=O)c2cscn2)CC[C@H]1C. The number of ether oxygens (including phenoxy) is 1. The molecule has 0 saturated carbocycles. The van der Waals surface area contributed by atoms with E-state index in [1.165, 1.54) is 11.3 Å². The van der Waals surface area contributed by atoms with Crippen LogP contribution in [0.1, 0.15) is 23.8 Å². The van der Waals surface area contributed by atoms with Gasteiger partial charge in [0.15, 0.2) is 0 Å². The van der Waals surface area contributed by atoms with Gasteiger partial charge in [-0.1, -0.05) is 6.92 Å². The Morgan fingerprint density at radius 3 is 3.12 bits per heavy atom. The normalized spacial score (nSPS) is 25.8. The molecule has 4 nitrogen and oxygen atoms in total. The van der Waals surface area contributed by atoms with Crippen LogP contribution in [0.4, 0.5) is 0 Å². The van der Waals surface area contributed by atoms with Crippen molar-refractivity contribution in [2.45, 2.75) is 19.4 Å². The van der Waals surface area contributed by atoms with Crippen LogP contribution in [0.15, 0.2) is 10.9 Å². The van der Waals surface area contributed by atoms with Crippen LogP contribution in [0.25, 0.3) is 0 Å². The zero-order valence-corrected chi connectivity index (χ0v) is 10.4. The molecule has 1 amide bonds. The highest BCUT2D eigenvalue weighted by Crippen LogP contribution is 2.20. The summed E-state index contributed by atoms with van der Waals surface area (Å²) in [5.74, 6) is 0.541. The molecule has 1 aromatic rings. The van der Waals surface area contributed by atoms with E-state index in [0.717, 1.165) is 13.0 Å². The molecule has 1 saturated heterocycles. The minimum absolute atomic E-state index is 0.0233. The minimum Gasteiger partial charge on any atom is -0.379 e. The smallest absolute Gasteiger partial charge is 0.273 e. The molecule has 5 heteroatoms. The van der Waals surface area contributed by atoms with Crippen LogP contribution in [0.3, 0.4) is 0 Å². The third-order valence-corrected chi connectivity index (χ3v) is 3.72. The van der Waals surface area contributed by atoms with Crippen LogP contribution in [0.2, 0.25) is 0 Å². The van der Waals surface area contributed by atoms with Crippen molar-refractivity contribution in [1.82, 2.24) is 9.88 Å². The van der Waals surface area contributed by atoms with Crippen LogP contribution in [0.5, 0.6) is 0 Å². The Labute approximate surface area is 99.2 Å². The molecule has 2 atom stereocenters. The van der Waals surface area contributed by atoms with Crippen LogP contribution in [-0.2, 0) is 4.74 Å². The first-order valence-corrected chi connectivity index (χ1v) is 6.37. The van der Waals surface area contributed by atoms with E-state index in [1.807, 2.05) is 4.90 Å². The molecule has 2 heterocycles. The maximum absolute atomic E-state index is 12.0. The summed E-state index contributed by atoms with van der Waals surface area (Å²) in [6.07, 6.45) is 1.14. The number of thiazole rings is 1. The lowest BCUT2D eigenvalue weighted by Crippen LogP contribution is -2.46. The van der Waals surface area contributed by atoms with Gasteiger partial charge in [-0.2, -0.15) is 0 Å². The minimum atomic E-state index is 0.0233. The Kier molecular flexibility index (Phi) is 3.56. The second kappa shape index (κ2) is 4.93.